The molecule has 1 unspecified atom stereocenters. The number of pyridine rings is 1. The Kier molecular flexibility index (Phi) is 8.00. The van der Waals surface area contributed by atoms with E-state index in [0.29, 0.717) is 11.2 Å². The molecule has 1 fully saturated rings. The number of halogens is 3. The van der Waals surface area contributed by atoms with E-state index in [1.165, 1.54) is 38.1 Å². The first kappa shape index (κ1) is 27.6. The van der Waals surface area contributed by atoms with Crippen LogP contribution in [-0.4, -0.2) is 62.1 Å². The maximum Gasteiger partial charge on any atom is 0.360 e. The summed E-state index contributed by atoms with van der Waals surface area (Å²) in [6.07, 6.45) is 7.19. The number of fused-ring (bicyclic) bond motifs is 1. The molecule has 1 atom stereocenters. The van der Waals surface area contributed by atoms with Gasteiger partial charge in [-0.25, -0.2) is 14.2 Å². The van der Waals surface area contributed by atoms with Gasteiger partial charge in [0.05, 0.1) is 16.8 Å². The molecule has 1 aliphatic rings. The van der Waals surface area contributed by atoms with Gasteiger partial charge >= 0.3 is 5.69 Å². The van der Waals surface area contributed by atoms with Gasteiger partial charge in [-0.1, -0.05) is 23.2 Å². The summed E-state index contributed by atoms with van der Waals surface area (Å²) in [5, 5.41) is 8.26. The van der Waals surface area contributed by atoms with Crippen molar-refractivity contribution in [3.8, 4) is 11.1 Å². The molecule has 39 heavy (non-hydrogen) atoms. The highest BCUT2D eigenvalue weighted by atomic mass is 35.5. The van der Waals surface area contributed by atoms with Crippen molar-refractivity contribution in [1.82, 2.24) is 34.7 Å². The first-order valence-electron chi connectivity index (χ1n) is 13.0. The van der Waals surface area contributed by atoms with Crippen molar-refractivity contribution in [3.63, 3.8) is 0 Å². The summed E-state index contributed by atoms with van der Waals surface area (Å²) in [4.78, 5) is 28.2. The normalized spacial score (nSPS) is 15.3. The Hall–Kier alpha value is -2.92. The Balaban J connectivity index is 1.34. The molecule has 1 aromatic carbocycles. The van der Waals surface area contributed by atoms with Crippen molar-refractivity contribution in [2.45, 2.75) is 45.3 Å². The molecule has 1 aliphatic heterocycles. The highest BCUT2D eigenvalue weighted by Crippen LogP contribution is 2.33. The summed E-state index contributed by atoms with van der Waals surface area (Å²) >= 11 is 12.4. The highest BCUT2D eigenvalue weighted by Gasteiger charge is 2.23. The topological polar surface area (TPSA) is 93.0 Å². The number of nitrogens with zero attached hydrogens (tertiary/aromatic N) is 5. The molecule has 5 rings (SSSR count). The highest BCUT2D eigenvalue weighted by molar-refractivity contribution is 6.36. The third-order valence-electron chi connectivity index (χ3n) is 7.14. The zero-order valence-corrected chi connectivity index (χ0v) is 23.7. The number of aromatic amines is 1. The van der Waals surface area contributed by atoms with Crippen molar-refractivity contribution in [3.05, 3.63) is 68.7 Å². The predicted molar refractivity (Wildman–Crippen MR) is 151 cm³/mol. The largest absolute Gasteiger partial charge is 0.401 e. The van der Waals surface area contributed by atoms with Gasteiger partial charge in [-0.2, -0.15) is 5.10 Å². The SMILES string of the molecule is CC(On1c(=O)[nH]c2ncc(-c3cnn(C(C)(C)CNCCN4CCCC4)c3)cc21)c1c(Cl)ccc(F)c1Cl. The maximum absolute atomic E-state index is 14.1. The lowest BCUT2D eigenvalue weighted by atomic mass is 10.1. The van der Waals surface area contributed by atoms with E-state index in [1.807, 2.05) is 10.9 Å². The molecule has 4 heterocycles. The molecule has 4 aromatic rings. The molecule has 0 amide bonds. The third kappa shape index (κ3) is 5.84. The van der Waals surface area contributed by atoms with Crippen molar-refractivity contribution >= 4 is 34.4 Å². The van der Waals surface area contributed by atoms with Gasteiger partial charge in [0.1, 0.15) is 11.3 Å². The maximum atomic E-state index is 14.1. The van der Waals surface area contributed by atoms with E-state index in [9.17, 15) is 9.18 Å². The van der Waals surface area contributed by atoms with E-state index < -0.39 is 17.6 Å². The van der Waals surface area contributed by atoms with Crippen LogP contribution < -0.4 is 15.8 Å². The number of benzene rings is 1. The molecule has 1 saturated heterocycles. The fourth-order valence-electron chi connectivity index (χ4n) is 4.88. The average Bonchev–Trinajstić information content (AvgIpc) is 3.66. The Labute approximate surface area is 235 Å². The molecule has 12 heteroatoms. The number of rotatable bonds is 10. The zero-order valence-electron chi connectivity index (χ0n) is 22.2. The Morgan fingerprint density at radius 2 is 1.97 bits per heavy atom. The quantitative estimate of drug-likeness (QED) is 0.211. The predicted octanol–water partition coefficient (Wildman–Crippen LogP) is 4.64. The van der Waals surface area contributed by atoms with E-state index in [0.717, 1.165) is 35.5 Å². The minimum atomic E-state index is -0.817. The lowest BCUT2D eigenvalue weighted by Crippen LogP contribution is -2.41. The standard InChI is InChI=1S/C27H32Cl2FN7O2/c1-17(23-20(28)6-7-21(30)24(23)29)39-37-22-12-18(13-32-25(22)34-26(37)38)19-14-33-36(15-19)27(2,3)16-31-8-11-35-9-4-5-10-35/h6-7,12-15,17,31H,4-5,8-11,16H2,1-3H3,(H,32,34,38). The smallest absolute Gasteiger partial charge is 0.360 e. The molecular weight excluding hydrogens is 544 g/mol. The fourth-order valence-corrected chi connectivity index (χ4v) is 5.55. The first-order valence-corrected chi connectivity index (χ1v) is 13.8. The van der Waals surface area contributed by atoms with Crippen molar-refractivity contribution in [2.24, 2.45) is 0 Å². The van der Waals surface area contributed by atoms with Crippen LogP contribution in [0.4, 0.5) is 4.39 Å². The lowest BCUT2D eigenvalue weighted by molar-refractivity contribution is 0.0492. The summed E-state index contributed by atoms with van der Waals surface area (Å²) < 4.78 is 17.1. The molecular formula is C27H32Cl2FN7O2. The van der Waals surface area contributed by atoms with Crippen LogP contribution in [0.15, 0.2) is 41.6 Å². The van der Waals surface area contributed by atoms with Crippen molar-refractivity contribution < 1.29 is 9.23 Å². The Bertz CT molecular complexity index is 1520. The van der Waals surface area contributed by atoms with Crippen LogP contribution in [0.25, 0.3) is 22.3 Å². The Morgan fingerprint density at radius 3 is 2.74 bits per heavy atom. The molecule has 0 radical (unpaired) electrons. The minimum Gasteiger partial charge on any atom is -0.401 e. The van der Waals surface area contributed by atoms with Gasteiger partial charge in [-0.3, -0.25) is 9.67 Å². The summed E-state index contributed by atoms with van der Waals surface area (Å²) in [6.45, 7) is 11.1. The second-order valence-corrected chi connectivity index (χ2v) is 11.3. The first-order chi connectivity index (χ1) is 18.6. The number of hydrogen-bond donors (Lipinski definition) is 2. The van der Waals surface area contributed by atoms with Crippen molar-refractivity contribution in [1.29, 1.82) is 0 Å². The van der Waals surface area contributed by atoms with Gasteiger partial charge in [0.2, 0.25) is 0 Å². The summed E-state index contributed by atoms with van der Waals surface area (Å²) in [5.74, 6) is -0.622. The van der Waals surface area contributed by atoms with Crippen LogP contribution >= 0.6 is 23.2 Å². The van der Waals surface area contributed by atoms with Gasteiger partial charge in [-0.05, 0) is 64.9 Å². The second-order valence-electron chi connectivity index (χ2n) is 10.5. The average molecular weight is 577 g/mol. The van der Waals surface area contributed by atoms with Crippen molar-refractivity contribution in [2.75, 3.05) is 32.7 Å². The Morgan fingerprint density at radius 1 is 1.21 bits per heavy atom. The van der Waals surface area contributed by atoms with E-state index in [1.54, 1.807) is 25.4 Å². The molecule has 2 N–H and O–H groups in total. The number of imidazole rings is 1. The molecule has 0 bridgehead atoms. The number of hydrogen-bond acceptors (Lipinski definition) is 6. The number of likely N-dealkylation sites (tertiary alicyclic amines) is 1. The van der Waals surface area contributed by atoms with E-state index in [2.05, 4.69) is 39.1 Å². The number of nitrogens with one attached hydrogen (secondary N) is 2. The van der Waals surface area contributed by atoms with Gasteiger partial charge in [-0.15, -0.1) is 4.73 Å². The van der Waals surface area contributed by atoms with Crippen LogP contribution in [0.1, 0.15) is 45.3 Å². The second kappa shape index (κ2) is 11.3. The molecule has 0 spiro atoms. The van der Waals surface area contributed by atoms with Crippen LogP contribution in [0, 0.1) is 5.82 Å². The third-order valence-corrected chi connectivity index (χ3v) is 7.86. The van der Waals surface area contributed by atoms with E-state index >= 15 is 0 Å². The van der Waals surface area contributed by atoms with Gasteiger partial charge in [0.15, 0.2) is 11.8 Å². The lowest BCUT2D eigenvalue weighted by Gasteiger charge is -2.26. The fraction of sp³-hybridized carbons (Fsp3) is 0.444. The van der Waals surface area contributed by atoms with Gasteiger partial charge in [0.25, 0.3) is 0 Å². The van der Waals surface area contributed by atoms with Gasteiger partial charge in [0, 0.05) is 53.7 Å². The molecule has 0 aliphatic carbocycles. The van der Waals surface area contributed by atoms with Crippen LogP contribution in [0.2, 0.25) is 10.0 Å². The molecule has 9 nitrogen and oxygen atoms in total. The molecule has 208 valence electrons. The summed E-state index contributed by atoms with van der Waals surface area (Å²) in [7, 11) is 0. The minimum absolute atomic E-state index is 0.151. The number of aromatic nitrogens is 5. The van der Waals surface area contributed by atoms with Crippen LogP contribution in [0.5, 0.6) is 0 Å². The molecule has 3 aromatic heterocycles. The van der Waals surface area contributed by atoms with Crippen LogP contribution in [0.3, 0.4) is 0 Å². The van der Waals surface area contributed by atoms with Gasteiger partial charge < -0.3 is 15.1 Å². The number of H-pyrrole nitrogens is 1. The van der Waals surface area contributed by atoms with E-state index in [4.69, 9.17) is 28.0 Å². The zero-order chi connectivity index (χ0) is 27.7. The monoisotopic (exact) mass is 575 g/mol. The van der Waals surface area contributed by atoms with Crippen LogP contribution in [-0.2, 0) is 5.54 Å². The molecule has 0 saturated carbocycles. The summed E-state index contributed by atoms with van der Waals surface area (Å²) in [6, 6.07) is 4.38. The summed E-state index contributed by atoms with van der Waals surface area (Å²) in [5.41, 5.74) is 1.85. The van der Waals surface area contributed by atoms with E-state index in [-0.39, 0.29) is 21.1 Å².